The van der Waals surface area contributed by atoms with Crippen molar-refractivity contribution in [3.8, 4) is 11.3 Å². The van der Waals surface area contributed by atoms with E-state index in [2.05, 4.69) is 25.2 Å². The van der Waals surface area contributed by atoms with Crippen molar-refractivity contribution in [3.63, 3.8) is 0 Å². The number of nitrogens with one attached hydrogen (secondary N) is 1. The van der Waals surface area contributed by atoms with E-state index in [9.17, 15) is 4.79 Å². The number of carbonyl (C=O) groups excluding carboxylic acids is 1. The Morgan fingerprint density at radius 3 is 2.58 bits per heavy atom. The Kier molecular flexibility index (Phi) is 5.94. The molecule has 0 spiro atoms. The van der Waals surface area contributed by atoms with Gasteiger partial charge in [0.25, 0.3) is 5.91 Å². The molecule has 0 saturated carbocycles. The summed E-state index contributed by atoms with van der Waals surface area (Å²) in [6.45, 7) is 2.77. The van der Waals surface area contributed by atoms with Gasteiger partial charge in [-0.2, -0.15) is 0 Å². The van der Waals surface area contributed by atoms with E-state index in [1.54, 1.807) is 18.6 Å². The zero-order valence-corrected chi connectivity index (χ0v) is 17.6. The second-order valence-corrected chi connectivity index (χ2v) is 7.38. The van der Waals surface area contributed by atoms with Crippen LogP contribution in [0.3, 0.4) is 0 Å². The molecule has 9 nitrogen and oxygen atoms in total. The fourth-order valence-corrected chi connectivity index (χ4v) is 3.38. The Hall–Kier alpha value is -3.72. The fourth-order valence-electron chi connectivity index (χ4n) is 3.38. The minimum absolute atomic E-state index is 0.0722. The minimum Gasteiger partial charge on any atom is -0.382 e. The molecule has 0 aliphatic carbocycles. The Bertz CT molecular complexity index is 1060. The molecule has 1 aliphatic heterocycles. The molecule has 2 aromatic heterocycles. The molecule has 3 N–H and O–H groups in total. The summed E-state index contributed by atoms with van der Waals surface area (Å²) in [4.78, 5) is 30.0. The summed E-state index contributed by atoms with van der Waals surface area (Å²) < 4.78 is 5.42. The molecule has 31 heavy (non-hydrogen) atoms. The number of rotatable bonds is 5. The van der Waals surface area contributed by atoms with E-state index in [0.29, 0.717) is 24.6 Å². The van der Waals surface area contributed by atoms with Crippen molar-refractivity contribution < 1.29 is 9.53 Å². The molecular weight excluding hydrogens is 394 g/mol. The molecule has 0 bridgehead atoms. The molecule has 160 valence electrons. The van der Waals surface area contributed by atoms with Crippen LogP contribution in [0, 0.1) is 0 Å². The number of benzene rings is 1. The van der Waals surface area contributed by atoms with Gasteiger partial charge in [-0.3, -0.25) is 9.78 Å². The first kappa shape index (κ1) is 20.5. The predicted octanol–water partition coefficient (Wildman–Crippen LogP) is 2.28. The largest absolute Gasteiger partial charge is 0.382 e. The van der Waals surface area contributed by atoms with Gasteiger partial charge in [0.2, 0.25) is 0 Å². The molecule has 0 unspecified atom stereocenters. The van der Waals surface area contributed by atoms with Gasteiger partial charge in [0.05, 0.1) is 42.7 Å². The van der Waals surface area contributed by atoms with Crippen LogP contribution in [0.2, 0.25) is 0 Å². The number of ether oxygens (including phenoxy) is 1. The number of anilines is 4. The number of carbonyl (C=O) groups is 1. The summed E-state index contributed by atoms with van der Waals surface area (Å²) in [6, 6.07) is 9.72. The van der Waals surface area contributed by atoms with Crippen LogP contribution in [-0.4, -0.2) is 61.3 Å². The number of aromatic nitrogens is 3. The van der Waals surface area contributed by atoms with E-state index in [4.69, 9.17) is 10.5 Å². The molecule has 1 aromatic carbocycles. The molecule has 1 fully saturated rings. The van der Waals surface area contributed by atoms with Gasteiger partial charge in [-0.1, -0.05) is 12.1 Å². The lowest BCUT2D eigenvalue weighted by Crippen LogP contribution is -2.36. The van der Waals surface area contributed by atoms with E-state index in [-0.39, 0.29) is 11.5 Å². The van der Waals surface area contributed by atoms with Gasteiger partial charge in [0, 0.05) is 44.6 Å². The summed E-state index contributed by atoms with van der Waals surface area (Å²) in [5.41, 5.74) is 10.0. The smallest absolute Gasteiger partial charge is 0.278 e. The maximum Gasteiger partial charge on any atom is 0.278 e. The lowest BCUT2D eigenvalue weighted by molar-refractivity contribution is 0.102. The highest BCUT2D eigenvalue weighted by atomic mass is 16.5. The Labute approximate surface area is 180 Å². The lowest BCUT2D eigenvalue weighted by Gasteiger charge is -2.30. The molecule has 9 heteroatoms. The molecule has 1 saturated heterocycles. The number of pyridine rings is 1. The maximum absolute atomic E-state index is 13.0. The van der Waals surface area contributed by atoms with E-state index in [0.717, 1.165) is 30.0 Å². The summed E-state index contributed by atoms with van der Waals surface area (Å²) in [6.07, 6.45) is 4.89. The molecule has 3 aromatic rings. The quantitative estimate of drug-likeness (QED) is 0.648. The number of morpholine rings is 1. The molecule has 0 radical (unpaired) electrons. The van der Waals surface area contributed by atoms with Crippen molar-refractivity contribution >= 4 is 28.8 Å². The minimum atomic E-state index is -0.431. The van der Waals surface area contributed by atoms with E-state index in [1.807, 2.05) is 49.3 Å². The summed E-state index contributed by atoms with van der Waals surface area (Å²) >= 11 is 0. The average Bonchev–Trinajstić information content (AvgIpc) is 2.80. The van der Waals surface area contributed by atoms with Crippen molar-refractivity contribution in [2.45, 2.75) is 0 Å². The molecular formula is C22H25N7O2. The predicted molar refractivity (Wildman–Crippen MR) is 121 cm³/mol. The normalized spacial score (nSPS) is 13.7. The zero-order chi connectivity index (χ0) is 21.8. The standard InChI is InChI=1S/C22H25N7O2/c1-28(2)16-5-3-15(4-6-16)17-14-25-21(23)20(26-17)22(30)27-18-13-24-8-7-19(18)29-9-11-31-12-10-29/h3-8,13-14H,9-12H2,1-2H3,(H2,23,25)(H,27,30). The molecule has 1 aliphatic rings. The fraction of sp³-hybridized carbons (Fsp3) is 0.273. The van der Waals surface area contributed by atoms with E-state index >= 15 is 0 Å². The lowest BCUT2D eigenvalue weighted by atomic mass is 10.1. The van der Waals surface area contributed by atoms with Crippen molar-refractivity contribution in [1.82, 2.24) is 15.0 Å². The molecule has 3 heterocycles. The number of hydrogen-bond acceptors (Lipinski definition) is 8. The maximum atomic E-state index is 13.0. The highest BCUT2D eigenvalue weighted by Gasteiger charge is 2.19. The summed E-state index contributed by atoms with van der Waals surface area (Å²) in [5, 5.41) is 2.89. The number of amides is 1. The van der Waals surface area contributed by atoms with Crippen LogP contribution in [0.25, 0.3) is 11.3 Å². The van der Waals surface area contributed by atoms with Crippen LogP contribution in [0.4, 0.5) is 22.9 Å². The first-order valence-electron chi connectivity index (χ1n) is 10.0. The van der Waals surface area contributed by atoms with Gasteiger partial charge in [0.1, 0.15) is 0 Å². The topological polar surface area (TPSA) is 110 Å². The van der Waals surface area contributed by atoms with Gasteiger partial charge < -0.3 is 25.6 Å². The van der Waals surface area contributed by atoms with Gasteiger partial charge >= 0.3 is 0 Å². The molecule has 0 atom stereocenters. The number of hydrogen-bond donors (Lipinski definition) is 2. The van der Waals surface area contributed by atoms with Crippen LogP contribution < -0.4 is 20.9 Å². The van der Waals surface area contributed by atoms with E-state index in [1.165, 1.54) is 0 Å². The van der Waals surface area contributed by atoms with Gasteiger partial charge in [-0.05, 0) is 18.2 Å². The third-order valence-electron chi connectivity index (χ3n) is 5.09. The second kappa shape index (κ2) is 8.97. The summed E-state index contributed by atoms with van der Waals surface area (Å²) in [5.74, 6) is -0.359. The van der Waals surface area contributed by atoms with Crippen LogP contribution in [0.5, 0.6) is 0 Å². The van der Waals surface area contributed by atoms with Crippen molar-refractivity contribution in [2.24, 2.45) is 0 Å². The third kappa shape index (κ3) is 4.56. The molecule has 4 rings (SSSR count). The molecule has 1 amide bonds. The first-order valence-corrected chi connectivity index (χ1v) is 10.0. The van der Waals surface area contributed by atoms with Crippen LogP contribution in [-0.2, 0) is 4.74 Å². The Balaban J connectivity index is 1.59. The summed E-state index contributed by atoms with van der Waals surface area (Å²) in [7, 11) is 3.95. The highest BCUT2D eigenvalue weighted by Crippen LogP contribution is 2.27. The Morgan fingerprint density at radius 1 is 1.13 bits per heavy atom. The van der Waals surface area contributed by atoms with Gasteiger partial charge in [0.15, 0.2) is 11.5 Å². The average molecular weight is 419 g/mol. The Morgan fingerprint density at radius 2 is 1.87 bits per heavy atom. The van der Waals surface area contributed by atoms with Crippen molar-refractivity contribution in [1.29, 1.82) is 0 Å². The number of nitrogens with zero attached hydrogens (tertiary/aromatic N) is 5. The van der Waals surface area contributed by atoms with Gasteiger partial charge in [-0.25, -0.2) is 9.97 Å². The van der Waals surface area contributed by atoms with Crippen molar-refractivity contribution in [2.75, 3.05) is 61.2 Å². The number of nitrogens with two attached hydrogens (primary N) is 1. The monoisotopic (exact) mass is 419 g/mol. The van der Waals surface area contributed by atoms with Crippen LogP contribution >= 0.6 is 0 Å². The SMILES string of the molecule is CN(C)c1ccc(-c2cnc(N)c(C(=O)Nc3cnccc3N3CCOCC3)n2)cc1. The van der Waals surface area contributed by atoms with Crippen LogP contribution in [0.1, 0.15) is 10.5 Å². The second-order valence-electron chi connectivity index (χ2n) is 7.38. The van der Waals surface area contributed by atoms with Crippen LogP contribution in [0.15, 0.2) is 48.9 Å². The van der Waals surface area contributed by atoms with Crippen molar-refractivity contribution in [3.05, 3.63) is 54.6 Å². The number of nitrogen functional groups attached to an aromatic ring is 1. The third-order valence-corrected chi connectivity index (χ3v) is 5.09. The highest BCUT2D eigenvalue weighted by molar-refractivity contribution is 6.07. The van der Waals surface area contributed by atoms with Gasteiger partial charge in [-0.15, -0.1) is 0 Å². The van der Waals surface area contributed by atoms with E-state index < -0.39 is 5.91 Å². The first-order chi connectivity index (χ1) is 15.0. The zero-order valence-electron chi connectivity index (χ0n) is 17.6.